The number of rotatable bonds is 2. The Bertz CT molecular complexity index is 344. The van der Waals surface area contributed by atoms with Gasteiger partial charge < -0.3 is 4.90 Å². The lowest BCUT2D eigenvalue weighted by atomic mass is 10.1. The molecular weight excluding hydrogens is 241 g/mol. The van der Waals surface area contributed by atoms with E-state index in [2.05, 4.69) is 11.0 Å². The number of halogens is 2. The molecule has 1 saturated heterocycles. The predicted octanol–water partition coefficient (Wildman–Crippen LogP) is 4.46. The van der Waals surface area contributed by atoms with Crippen molar-refractivity contribution in [3.8, 4) is 0 Å². The van der Waals surface area contributed by atoms with E-state index < -0.39 is 0 Å². The third-order valence-electron chi connectivity index (χ3n) is 3.17. The van der Waals surface area contributed by atoms with E-state index in [1.165, 1.54) is 31.4 Å². The molecule has 1 fully saturated rings. The molecular formula is C13H17Cl2N. The van der Waals surface area contributed by atoms with Crippen LogP contribution in [0.3, 0.4) is 0 Å². The second-order valence-electron chi connectivity index (χ2n) is 4.27. The molecule has 2 rings (SSSR count). The highest BCUT2D eigenvalue weighted by Gasteiger charge is 2.14. The second kappa shape index (κ2) is 5.79. The van der Waals surface area contributed by atoms with Gasteiger partial charge in [0.05, 0.1) is 5.88 Å². The van der Waals surface area contributed by atoms with E-state index in [-0.39, 0.29) is 0 Å². The molecule has 88 valence electrons. The van der Waals surface area contributed by atoms with Gasteiger partial charge in [-0.3, -0.25) is 0 Å². The normalized spacial score (nSPS) is 17.2. The molecule has 0 N–H and O–H groups in total. The second-order valence-corrected chi connectivity index (χ2v) is 4.95. The van der Waals surface area contributed by atoms with Crippen LogP contribution in [0.1, 0.15) is 31.2 Å². The molecule has 0 unspecified atom stereocenters. The third-order valence-corrected chi connectivity index (χ3v) is 3.80. The summed E-state index contributed by atoms with van der Waals surface area (Å²) in [5.41, 5.74) is 2.30. The van der Waals surface area contributed by atoms with Gasteiger partial charge in [-0.25, -0.2) is 0 Å². The van der Waals surface area contributed by atoms with Gasteiger partial charge in [0, 0.05) is 29.4 Å². The lowest BCUT2D eigenvalue weighted by molar-refractivity contribution is 0.726. The van der Waals surface area contributed by atoms with Crippen LogP contribution >= 0.6 is 23.2 Å². The summed E-state index contributed by atoms with van der Waals surface area (Å²) in [6.07, 6.45) is 5.23. The maximum absolute atomic E-state index is 6.18. The summed E-state index contributed by atoms with van der Waals surface area (Å²) >= 11 is 12.2. The fourth-order valence-electron chi connectivity index (χ4n) is 2.29. The summed E-state index contributed by atoms with van der Waals surface area (Å²) in [5, 5.41) is 0.789. The van der Waals surface area contributed by atoms with Gasteiger partial charge in [-0.2, -0.15) is 0 Å². The average Bonchev–Trinajstić information content (AvgIpc) is 2.57. The van der Waals surface area contributed by atoms with Gasteiger partial charge in [-0.15, -0.1) is 11.6 Å². The SMILES string of the molecule is ClCc1c(Cl)cccc1N1CCCCCC1. The van der Waals surface area contributed by atoms with Gasteiger partial charge in [-0.1, -0.05) is 30.5 Å². The Labute approximate surface area is 107 Å². The highest BCUT2D eigenvalue weighted by atomic mass is 35.5. The Morgan fingerprint density at radius 2 is 1.75 bits per heavy atom. The summed E-state index contributed by atoms with van der Waals surface area (Å²) < 4.78 is 0. The third kappa shape index (κ3) is 2.64. The summed E-state index contributed by atoms with van der Waals surface area (Å²) in [5.74, 6) is 0.492. The first-order valence-electron chi connectivity index (χ1n) is 5.91. The highest BCUT2D eigenvalue weighted by Crippen LogP contribution is 2.30. The van der Waals surface area contributed by atoms with Crippen molar-refractivity contribution in [3.05, 3.63) is 28.8 Å². The van der Waals surface area contributed by atoms with E-state index in [4.69, 9.17) is 23.2 Å². The Morgan fingerprint density at radius 1 is 1.06 bits per heavy atom. The van der Waals surface area contributed by atoms with Gasteiger partial charge in [0.15, 0.2) is 0 Å². The molecule has 0 radical (unpaired) electrons. The number of anilines is 1. The number of nitrogens with zero attached hydrogens (tertiary/aromatic N) is 1. The Kier molecular flexibility index (Phi) is 4.37. The smallest absolute Gasteiger partial charge is 0.0509 e. The van der Waals surface area contributed by atoms with Crippen molar-refractivity contribution in [2.24, 2.45) is 0 Å². The van der Waals surface area contributed by atoms with Gasteiger partial charge in [-0.05, 0) is 25.0 Å². The molecule has 0 aliphatic carbocycles. The van der Waals surface area contributed by atoms with Crippen molar-refractivity contribution < 1.29 is 0 Å². The van der Waals surface area contributed by atoms with Crippen LogP contribution in [0.2, 0.25) is 5.02 Å². The maximum Gasteiger partial charge on any atom is 0.0509 e. The topological polar surface area (TPSA) is 3.24 Å². The Morgan fingerprint density at radius 3 is 2.38 bits per heavy atom. The van der Waals surface area contributed by atoms with Crippen molar-refractivity contribution in [1.29, 1.82) is 0 Å². The van der Waals surface area contributed by atoms with Gasteiger partial charge in [0.2, 0.25) is 0 Å². The lowest BCUT2D eigenvalue weighted by Gasteiger charge is -2.25. The minimum Gasteiger partial charge on any atom is -0.371 e. The molecule has 0 atom stereocenters. The molecule has 1 aromatic carbocycles. The van der Waals surface area contributed by atoms with E-state index in [1.807, 2.05) is 12.1 Å². The predicted molar refractivity (Wildman–Crippen MR) is 71.7 cm³/mol. The Balaban J connectivity index is 2.27. The maximum atomic E-state index is 6.18. The minimum atomic E-state index is 0.492. The number of benzene rings is 1. The largest absolute Gasteiger partial charge is 0.371 e. The van der Waals surface area contributed by atoms with Crippen LogP contribution in [0, 0.1) is 0 Å². The van der Waals surface area contributed by atoms with Gasteiger partial charge >= 0.3 is 0 Å². The summed E-state index contributed by atoms with van der Waals surface area (Å²) in [6, 6.07) is 6.06. The van der Waals surface area contributed by atoms with Crippen LogP contribution in [0.25, 0.3) is 0 Å². The molecule has 16 heavy (non-hydrogen) atoms. The first-order valence-corrected chi connectivity index (χ1v) is 6.82. The summed E-state index contributed by atoms with van der Waals surface area (Å²) in [6.45, 7) is 2.26. The van der Waals surface area contributed by atoms with Crippen LogP contribution < -0.4 is 4.90 Å². The van der Waals surface area contributed by atoms with Crippen molar-refractivity contribution >= 4 is 28.9 Å². The van der Waals surface area contributed by atoms with E-state index in [1.54, 1.807) is 0 Å². The molecule has 3 heteroatoms. The first kappa shape index (κ1) is 12.1. The standard InChI is InChI=1S/C13H17Cl2N/c14-10-11-12(15)6-5-7-13(11)16-8-3-1-2-4-9-16/h5-7H,1-4,8-10H2. The zero-order valence-electron chi connectivity index (χ0n) is 9.38. The number of hydrogen-bond donors (Lipinski definition) is 0. The van der Waals surface area contributed by atoms with Gasteiger partial charge in [0.1, 0.15) is 0 Å². The fourth-order valence-corrected chi connectivity index (χ4v) is 2.87. The van der Waals surface area contributed by atoms with Crippen molar-refractivity contribution in [2.45, 2.75) is 31.6 Å². The van der Waals surface area contributed by atoms with Crippen LogP contribution in [-0.2, 0) is 5.88 Å². The average molecular weight is 258 g/mol. The van der Waals surface area contributed by atoms with E-state index in [9.17, 15) is 0 Å². The Hall–Kier alpha value is -0.400. The van der Waals surface area contributed by atoms with Crippen LogP contribution in [0.5, 0.6) is 0 Å². The lowest BCUT2D eigenvalue weighted by Crippen LogP contribution is -2.24. The van der Waals surface area contributed by atoms with Crippen molar-refractivity contribution in [2.75, 3.05) is 18.0 Å². The van der Waals surface area contributed by atoms with Crippen molar-refractivity contribution in [3.63, 3.8) is 0 Å². The molecule has 0 spiro atoms. The molecule has 1 aliphatic heterocycles. The molecule has 0 aromatic heterocycles. The quantitative estimate of drug-likeness (QED) is 0.708. The van der Waals surface area contributed by atoms with E-state index in [0.29, 0.717) is 5.88 Å². The van der Waals surface area contributed by atoms with Crippen LogP contribution in [0.15, 0.2) is 18.2 Å². The molecule has 0 saturated carbocycles. The zero-order chi connectivity index (χ0) is 11.4. The highest BCUT2D eigenvalue weighted by molar-refractivity contribution is 6.32. The first-order chi connectivity index (χ1) is 7.83. The number of alkyl halides is 1. The minimum absolute atomic E-state index is 0.492. The molecule has 1 aromatic rings. The van der Waals surface area contributed by atoms with Crippen LogP contribution in [0.4, 0.5) is 5.69 Å². The zero-order valence-corrected chi connectivity index (χ0v) is 10.9. The molecule has 1 nitrogen and oxygen atoms in total. The van der Waals surface area contributed by atoms with Crippen molar-refractivity contribution in [1.82, 2.24) is 0 Å². The van der Waals surface area contributed by atoms with E-state index >= 15 is 0 Å². The summed E-state index contributed by atoms with van der Waals surface area (Å²) in [7, 11) is 0. The fraction of sp³-hybridized carbons (Fsp3) is 0.538. The van der Waals surface area contributed by atoms with Crippen LogP contribution in [-0.4, -0.2) is 13.1 Å². The molecule has 1 aliphatic rings. The molecule has 1 heterocycles. The van der Waals surface area contributed by atoms with E-state index in [0.717, 1.165) is 23.7 Å². The molecule has 0 amide bonds. The number of hydrogen-bond acceptors (Lipinski definition) is 1. The van der Waals surface area contributed by atoms with Gasteiger partial charge in [0.25, 0.3) is 0 Å². The summed E-state index contributed by atoms with van der Waals surface area (Å²) in [4.78, 5) is 2.43. The monoisotopic (exact) mass is 257 g/mol. The molecule has 0 bridgehead atoms.